The van der Waals surface area contributed by atoms with Crippen molar-refractivity contribution in [2.24, 2.45) is 34.5 Å². The number of hydrogen-bond donors (Lipinski definition) is 0. The molecule has 0 aliphatic heterocycles. The molecule has 0 amide bonds. The Morgan fingerprint density at radius 1 is 0.714 bits per heavy atom. The third-order valence-electron chi connectivity index (χ3n) is 10.7. The molecule has 4 rings (SSSR count). The third-order valence-corrected chi connectivity index (χ3v) is 10.7. The molecule has 0 aromatic rings. The second kappa shape index (κ2) is 15.8. The Kier molecular flexibility index (Phi) is 12.8. The van der Waals surface area contributed by atoms with E-state index < -0.39 is 12.1 Å². The van der Waals surface area contributed by atoms with Crippen molar-refractivity contribution in [3.63, 3.8) is 0 Å². The Labute approximate surface area is 292 Å². The minimum absolute atomic E-state index is 0.0476. The molecule has 8 nitrogen and oxygen atoms in total. The van der Waals surface area contributed by atoms with Crippen molar-refractivity contribution in [3.8, 4) is 0 Å². The second-order valence-corrected chi connectivity index (χ2v) is 15.2. The van der Waals surface area contributed by atoms with Gasteiger partial charge in [-0.1, -0.05) is 69.7 Å². The molecule has 4 aliphatic rings. The van der Waals surface area contributed by atoms with E-state index in [1.54, 1.807) is 13.0 Å². The molecule has 0 spiro atoms. The van der Waals surface area contributed by atoms with Crippen molar-refractivity contribution >= 4 is 29.5 Å². The van der Waals surface area contributed by atoms with E-state index in [1.807, 2.05) is 79.7 Å². The number of hydrogen-bond acceptors (Lipinski definition) is 8. The van der Waals surface area contributed by atoms with Crippen LogP contribution in [0.5, 0.6) is 0 Å². The first kappa shape index (κ1) is 39.6. The molecule has 0 heterocycles. The molecule has 4 aliphatic carbocycles. The SMILES string of the molecule is C/C=C/CC1=C(C)C(OC(=O)C2C(C=C(C)C)C2(C)C)CC1=O.C/C=C/CC1=C(C)[C@@H](OC(=O)[C@@H]2[C@@H](/C=C(\C)C(=O)OC)C2(C)C)CC1=O. The zero-order chi connectivity index (χ0) is 37.0. The van der Waals surface area contributed by atoms with Gasteiger partial charge in [0.15, 0.2) is 11.6 Å². The predicted molar refractivity (Wildman–Crippen MR) is 190 cm³/mol. The fourth-order valence-electron chi connectivity index (χ4n) is 7.16. The molecule has 0 aromatic heterocycles. The lowest BCUT2D eigenvalue weighted by atomic mass is 10.1. The number of methoxy groups -OCH3 is 1. The number of esters is 3. The number of carbonyl (C=O) groups excluding carboxylic acids is 5. The van der Waals surface area contributed by atoms with Gasteiger partial charge >= 0.3 is 17.9 Å². The zero-order valence-electron chi connectivity index (χ0n) is 31.5. The van der Waals surface area contributed by atoms with Crippen LogP contribution in [0, 0.1) is 34.5 Å². The Morgan fingerprint density at radius 2 is 1.10 bits per heavy atom. The van der Waals surface area contributed by atoms with Gasteiger partial charge in [0.1, 0.15) is 12.2 Å². The quantitative estimate of drug-likeness (QED) is 0.0939. The highest BCUT2D eigenvalue weighted by Crippen LogP contribution is 2.61. The molecule has 2 saturated carbocycles. The van der Waals surface area contributed by atoms with Gasteiger partial charge in [0.2, 0.25) is 0 Å². The van der Waals surface area contributed by atoms with E-state index >= 15 is 0 Å². The summed E-state index contributed by atoms with van der Waals surface area (Å²) in [4.78, 5) is 61.1. The van der Waals surface area contributed by atoms with Gasteiger partial charge in [-0.05, 0) is 95.1 Å². The van der Waals surface area contributed by atoms with Gasteiger partial charge < -0.3 is 14.2 Å². The van der Waals surface area contributed by atoms with Gasteiger partial charge in [-0.2, -0.15) is 0 Å². The van der Waals surface area contributed by atoms with E-state index in [4.69, 9.17) is 14.2 Å². The van der Waals surface area contributed by atoms with Crippen LogP contribution in [0.1, 0.15) is 102 Å². The van der Waals surface area contributed by atoms with Crippen LogP contribution < -0.4 is 0 Å². The summed E-state index contributed by atoms with van der Waals surface area (Å²) in [5.41, 5.74) is 4.69. The van der Waals surface area contributed by atoms with Gasteiger partial charge in [0, 0.05) is 16.7 Å². The van der Waals surface area contributed by atoms with Crippen LogP contribution in [0.2, 0.25) is 0 Å². The summed E-state index contributed by atoms with van der Waals surface area (Å²) >= 11 is 0. The van der Waals surface area contributed by atoms with Gasteiger partial charge in [-0.25, -0.2) is 4.79 Å². The van der Waals surface area contributed by atoms with E-state index in [0.717, 1.165) is 22.3 Å². The fourth-order valence-corrected chi connectivity index (χ4v) is 7.16. The van der Waals surface area contributed by atoms with Gasteiger partial charge in [0.25, 0.3) is 0 Å². The van der Waals surface area contributed by atoms with Crippen LogP contribution in [-0.2, 0) is 38.2 Å². The topological polar surface area (TPSA) is 113 Å². The van der Waals surface area contributed by atoms with Crippen molar-refractivity contribution in [2.45, 2.75) is 114 Å². The number of carbonyl (C=O) groups is 5. The van der Waals surface area contributed by atoms with Gasteiger partial charge in [0.05, 0.1) is 31.8 Å². The zero-order valence-corrected chi connectivity index (χ0v) is 31.5. The lowest BCUT2D eigenvalue weighted by molar-refractivity contribution is -0.151. The average molecular weight is 677 g/mol. The number of allylic oxidation sites excluding steroid dienone is 9. The van der Waals surface area contributed by atoms with E-state index in [-0.39, 0.29) is 70.5 Å². The summed E-state index contributed by atoms with van der Waals surface area (Å²) in [5.74, 6) is -0.957. The summed E-state index contributed by atoms with van der Waals surface area (Å²) < 4.78 is 16.1. The summed E-state index contributed by atoms with van der Waals surface area (Å²) in [6.07, 6.45) is 12.6. The fraction of sp³-hybridized carbons (Fsp3) is 0.585. The third kappa shape index (κ3) is 8.87. The minimum atomic E-state index is -0.474. The Balaban J connectivity index is 0.000000267. The summed E-state index contributed by atoms with van der Waals surface area (Å²) in [6.45, 7) is 21.5. The van der Waals surface area contributed by atoms with Gasteiger partial charge in [-0.3, -0.25) is 19.2 Å². The summed E-state index contributed by atoms with van der Waals surface area (Å²) in [6, 6.07) is 0. The summed E-state index contributed by atoms with van der Waals surface area (Å²) in [5, 5.41) is 0. The first-order chi connectivity index (χ1) is 22.8. The highest BCUT2D eigenvalue weighted by molar-refractivity contribution is 6.00. The van der Waals surface area contributed by atoms with Crippen molar-refractivity contribution < 1.29 is 38.2 Å². The molecule has 8 heteroatoms. The molecular formula is C41H56O8. The van der Waals surface area contributed by atoms with Crippen LogP contribution in [0.3, 0.4) is 0 Å². The Bertz CT molecular complexity index is 1540. The lowest BCUT2D eigenvalue weighted by Crippen LogP contribution is -2.20. The second-order valence-electron chi connectivity index (χ2n) is 15.2. The van der Waals surface area contributed by atoms with Crippen molar-refractivity contribution in [2.75, 3.05) is 7.11 Å². The van der Waals surface area contributed by atoms with E-state index in [9.17, 15) is 24.0 Å². The van der Waals surface area contributed by atoms with Crippen molar-refractivity contribution in [3.05, 3.63) is 69.9 Å². The lowest BCUT2D eigenvalue weighted by Gasteiger charge is -2.13. The van der Waals surface area contributed by atoms with Gasteiger partial charge in [-0.15, -0.1) is 0 Å². The Hall–Kier alpha value is -3.81. The first-order valence-corrected chi connectivity index (χ1v) is 17.4. The molecule has 268 valence electrons. The van der Waals surface area contributed by atoms with Crippen LogP contribution >= 0.6 is 0 Å². The highest BCUT2D eigenvalue weighted by Gasteiger charge is 2.63. The molecular weight excluding hydrogens is 620 g/mol. The molecule has 0 radical (unpaired) electrons. The molecule has 6 atom stereocenters. The molecule has 3 unspecified atom stereocenters. The smallest absolute Gasteiger partial charge is 0.333 e. The average Bonchev–Trinajstić information content (AvgIpc) is 3.66. The minimum Gasteiger partial charge on any atom is -0.466 e. The van der Waals surface area contributed by atoms with E-state index in [0.29, 0.717) is 24.8 Å². The van der Waals surface area contributed by atoms with Crippen molar-refractivity contribution in [1.29, 1.82) is 0 Å². The first-order valence-electron chi connectivity index (χ1n) is 17.4. The van der Waals surface area contributed by atoms with Crippen LogP contribution in [0.4, 0.5) is 0 Å². The Morgan fingerprint density at radius 3 is 1.45 bits per heavy atom. The standard InChI is InChI=1S/C21H28O5.C20H28O3/c1-7-8-9-14-13(3)17(11-16(14)22)26-20(24)18-15(21(18,4)5)10-12(2)19(23)25-6;1-7-8-9-14-13(4)17(11-16(14)21)23-19(22)18-15(10-12(2)3)20(18,5)6/h7-8,10,15,17-18H,9,11H2,1-6H3;7-8,10,15,17-18H,9,11H2,1-6H3/b8-7+,12-10+;8-7+/t15-,17+,18+;/m1./s1. The molecule has 2 fully saturated rings. The number of Topliss-reactive ketones (excluding diaryl/α,β-unsaturated/α-hetero) is 2. The van der Waals surface area contributed by atoms with E-state index in [1.165, 1.54) is 12.7 Å². The molecule has 0 N–H and O–H groups in total. The predicted octanol–water partition coefficient (Wildman–Crippen LogP) is 7.94. The number of rotatable bonds is 11. The maximum atomic E-state index is 12.7. The van der Waals surface area contributed by atoms with Crippen LogP contribution in [0.15, 0.2) is 69.9 Å². The molecule has 49 heavy (non-hydrogen) atoms. The normalized spacial score (nSPS) is 28.4. The largest absolute Gasteiger partial charge is 0.466 e. The highest BCUT2D eigenvalue weighted by atomic mass is 16.6. The molecule has 0 aromatic carbocycles. The number of ketones is 2. The van der Waals surface area contributed by atoms with Crippen LogP contribution in [-0.4, -0.2) is 48.8 Å². The maximum Gasteiger partial charge on any atom is 0.333 e. The number of ether oxygens (including phenoxy) is 3. The van der Waals surface area contributed by atoms with Crippen LogP contribution in [0.25, 0.3) is 0 Å². The summed E-state index contributed by atoms with van der Waals surface area (Å²) in [7, 11) is 1.33. The molecule has 0 bridgehead atoms. The monoisotopic (exact) mass is 676 g/mol. The maximum absolute atomic E-state index is 12.7. The van der Waals surface area contributed by atoms with E-state index in [2.05, 4.69) is 19.9 Å². The van der Waals surface area contributed by atoms with Crippen molar-refractivity contribution in [1.82, 2.24) is 0 Å². The molecule has 0 saturated heterocycles.